The van der Waals surface area contributed by atoms with E-state index in [9.17, 15) is 35.1 Å². The summed E-state index contributed by atoms with van der Waals surface area (Å²) in [5.74, 6) is -2.68. The van der Waals surface area contributed by atoms with Gasteiger partial charge in [0, 0.05) is 35.2 Å². The highest BCUT2D eigenvalue weighted by atomic mass is 32.2. The van der Waals surface area contributed by atoms with Gasteiger partial charge in [0.25, 0.3) is 17.3 Å². The van der Waals surface area contributed by atoms with E-state index in [0.29, 0.717) is 16.0 Å². The first-order chi connectivity index (χ1) is 17.7. The second-order valence-corrected chi connectivity index (χ2v) is 8.75. The summed E-state index contributed by atoms with van der Waals surface area (Å²) in [5.41, 5.74) is 6.66. The SMILES string of the molecule is CCOC(=O)C1=C2SC(c3ccc([N+](=O)[O-])cc3)=CC(=O)N2C(N)=C(C#N)C1c1ccc([N+](=O)[O-])cc1. The lowest BCUT2D eigenvalue weighted by Crippen LogP contribution is -2.40. The van der Waals surface area contributed by atoms with Crippen molar-refractivity contribution >= 4 is 39.9 Å². The Bertz CT molecular complexity index is 1470. The number of nitriles is 1. The van der Waals surface area contributed by atoms with Crippen molar-refractivity contribution in [2.45, 2.75) is 12.8 Å². The van der Waals surface area contributed by atoms with Crippen LogP contribution >= 0.6 is 11.8 Å². The number of nitro benzene ring substituents is 2. The average molecular weight is 519 g/mol. The van der Waals surface area contributed by atoms with Crippen LogP contribution in [0, 0.1) is 31.6 Å². The van der Waals surface area contributed by atoms with E-state index in [2.05, 4.69) is 0 Å². The molecule has 2 aromatic carbocycles. The molecule has 0 aliphatic carbocycles. The van der Waals surface area contributed by atoms with Crippen molar-refractivity contribution in [3.05, 3.63) is 108 Å². The highest BCUT2D eigenvalue weighted by Gasteiger charge is 2.43. The van der Waals surface area contributed by atoms with E-state index in [1.54, 1.807) is 6.92 Å². The molecule has 186 valence electrons. The number of carbonyl (C=O) groups is 2. The first kappa shape index (κ1) is 25.1. The smallest absolute Gasteiger partial charge is 0.337 e. The summed E-state index contributed by atoms with van der Waals surface area (Å²) in [5, 5.41) is 32.2. The van der Waals surface area contributed by atoms with Gasteiger partial charge in [0.05, 0.1) is 39.6 Å². The molecule has 0 saturated heterocycles. The number of nitrogens with two attached hydrogens (primary N) is 1. The quantitative estimate of drug-likeness (QED) is 0.335. The van der Waals surface area contributed by atoms with Crippen molar-refractivity contribution in [2.75, 3.05) is 6.61 Å². The summed E-state index contributed by atoms with van der Waals surface area (Å²) in [6, 6.07) is 12.8. The van der Waals surface area contributed by atoms with Crippen molar-refractivity contribution in [1.29, 1.82) is 5.26 Å². The van der Waals surface area contributed by atoms with Crippen LogP contribution in [0.2, 0.25) is 0 Å². The lowest BCUT2D eigenvalue weighted by molar-refractivity contribution is -0.385. The molecule has 1 amide bonds. The minimum atomic E-state index is -1.06. The predicted octanol–water partition coefficient (Wildman–Crippen LogP) is 3.69. The summed E-state index contributed by atoms with van der Waals surface area (Å²) in [7, 11) is 0. The van der Waals surface area contributed by atoms with Gasteiger partial charge in [-0.15, -0.1) is 0 Å². The molecule has 2 aromatic rings. The van der Waals surface area contributed by atoms with Crippen LogP contribution in [-0.2, 0) is 14.3 Å². The lowest BCUT2D eigenvalue weighted by Gasteiger charge is -2.37. The van der Waals surface area contributed by atoms with Gasteiger partial charge in [-0.2, -0.15) is 5.26 Å². The van der Waals surface area contributed by atoms with Gasteiger partial charge in [-0.05, 0) is 30.2 Å². The van der Waals surface area contributed by atoms with Gasteiger partial charge in [-0.1, -0.05) is 23.9 Å². The topological polar surface area (TPSA) is 183 Å². The van der Waals surface area contributed by atoms with Crippen molar-refractivity contribution < 1.29 is 24.2 Å². The first-order valence-electron chi connectivity index (χ1n) is 10.7. The highest BCUT2D eigenvalue weighted by molar-refractivity contribution is 8.11. The molecule has 0 aromatic heterocycles. The molecule has 0 bridgehead atoms. The fourth-order valence-corrected chi connectivity index (χ4v) is 5.16. The summed E-state index contributed by atoms with van der Waals surface area (Å²) >= 11 is 1.01. The number of rotatable bonds is 6. The van der Waals surface area contributed by atoms with Gasteiger partial charge in [0.2, 0.25) is 0 Å². The summed E-state index contributed by atoms with van der Waals surface area (Å²) in [6.07, 6.45) is 1.26. The van der Waals surface area contributed by atoms with E-state index >= 15 is 0 Å². The Kier molecular flexibility index (Phi) is 6.77. The molecule has 1 unspecified atom stereocenters. The maximum atomic E-state index is 13.2. The third kappa shape index (κ3) is 4.53. The van der Waals surface area contributed by atoms with Crippen LogP contribution < -0.4 is 5.73 Å². The Labute approximate surface area is 213 Å². The molecule has 12 nitrogen and oxygen atoms in total. The lowest BCUT2D eigenvalue weighted by atomic mass is 9.83. The molecule has 0 spiro atoms. The zero-order valence-corrected chi connectivity index (χ0v) is 19.9. The largest absolute Gasteiger partial charge is 0.463 e. The molecule has 0 radical (unpaired) electrons. The summed E-state index contributed by atoms with van der Waals surface area (Å²) in [6.45, 7) is 1.61. The van der Waals surface area contributed by atoms with Crippen molar-refractivity contribution in [2.24, 2.45) is 5.73 Å². The van der Waals surface area contributed by atoms with Crippen molar-refractivity contribution in [3.63, 3.8) is 0 Å². The van der Waals surface area contributed by atoms with Crippen LogP contribution in [0.5, 0.6) is 0 Å². The van der Waals surface area contributed by atoms with Crippen LogP contribution in [0.1, 0.15) is 24.0 Å². The zero-order valence-electron chi connectivity index (χ0n) is 19.1. The van der Waals surface area contributed by atoms with E-state index in [0.717, 1.165) is 16.7 Å². The molecule has 13 heteroatoms. The third-order valence-corrected chi connectivity index (χ3v) is 6.79. The van der Waals surface area contributed by atoms with Gasteiger partial charge in [-0.3, -0.25) is 29.9 Å². The molecular weight excluding hydrogens is 502 g/mol. The number of ether oxygens (including phenoxy) is 1. The molecule has 2 N–H and O–H groups in total. The second kappa shape index (κ2) is 9.96. The number of hydrogen-bond donors (Lipinski definition) is 1. The van der Waals surface area contributed by atoms with Crippen LogP contribution in [0.4, 0.5) is 11.4 Å². The molecule has 1 atom stereocenters. The van der Waals surface area contributed by atoms with Crippen LogP contribution in [-0.4, -0.2) is 33.2 Å². The number of hydrogen-bond acceptors (Lipinski definition) is 10. The van der Waals surface area contributed by atoms with Crippen LogP contribution in [0.3, 0.4) is 0 Å². The van der Waals surface area contributed by atoms with E-state index in [-0.39, 0.29) is 40.0 Å². The number of fused-ring (bicyclic) bond motifs is 1. The minimum absolute atomic E-state index is 0.00728. The number of nitrogens with zero attached hydrogens (tertiary/aromatic N) is 4. The van der Waals surface area contributed by atoms with E-state index in [4.69, 9.17) is 10.5 Å². The van der Waals surface area contributed by atoms with Gasteiger partial charge in [0.15, 0.2) is 0 Å². The van der Waals surface area contributed by atoms with Gasteiger partial charge in [0.1, 0.15) is 10.9 Å². The van der Waals surface area contributed by atoms with E-state index < -0.39 is 27.6 Å². The standard InChI is InChI=1S/C24H17N5O7S/c1-2-36-24(31)21-20(14-5-9-16(10-6-14)29(34)35)17(12-25)22(26)27-19(30)11-18(37-23(21)27)13-3-7-15(8-4-13)28(32)33/h3-11,20H,2,26H2,1H3. The fraction of sp³-hybridized carbons (Fsp3) is 0.125. The maximum absolute atomic E-state index is 13.2. The van der Waals surface area contributed by atoms with Crippen molar-refractivity contribution in [3.8, 4) is 6.07 Å². The van der Waals surface area contributed by atoms with Crippen molar-refractivity contribution in [1.82, 2.24) is 4.90 Å². The number of nitro groups is 2. The minimum Gasteiger partial charge on any atom is -0.463 e. The number of amides is 1. The highest BCUT2D eigenvalue weighted by Crippen LogP contribution is 2.50. The van der Waals surface area contributed by atoms with Gasteiger partial charge < -0.3 is 10.5 Å². The molecule has 2 aliphatic heterocycles. The number of allylic oxidation sites excluding steroid dienone is 1. The van der Waals surface area contributed by atoms with E-state index in [1.807, 2.05) is 6.07 Å². The Morgan fingerprint density at radius 1 is 1.11 bits per heavy atom. The predicted molar refractivity (Wildman–Crippen MR) is 132 cm³/mol. The molecule has 4 rings (SSSR count). The van der Waals surface area contributed by atoms with Crippen LogP contribution in [0.15, 0.2) is 76.6 Å². The Balaban J connectivity index is 1.91. The molecule has 37 heavy (non-hydrogen) atoms. The Morgan fingerprint density at radius 3 is 2.19 bits per heavy atom. The maximum Gasteiger partial charge on any atom is 0.337 e. The number of thioether (sulfide) groups is 1. The fourth-order valence-electron chi connectivity index (χ4n) is 3.94. The summed E-state index contributed by atoms with van der Waals surface area (Å²) < 4.78 is 5.27. The van der Waals surface area contributed by atoms with Crippen LogP contribution in [0.25, 0.3) is 4.91 Å². The molecule has 2 heterocycles. The van der Waals surface area contributed by atoms with Gasteiger partial charge in [-0.25, -0.2) is 4.79 Å². The Hall–Kier alpha value is -4.96. The number of carbonyl (C=O) groups excluding carboxylic acids is 2. The monoisotopic (exact) mass is 519 g/mol. The third-order valence-electron chi connectivity index (χ3n) is 5.62. The normalized spacial score (nSPS) is 17.1. The first-order valence-corrected chi connectivity index (χ1v) is 11.5. The average Bonchev–Trinajstić information content (AvgIpc) is 2.88. The Morgan fingerprint density at radius 2 is 1.68 bits per heavy atom. The molecule has 0 saturated carbocycles. The van der Waals surface area contributed by atoms with E-state index in [1.165, 1.54) is 54.6 Å². The summed E-state index contributed by atoms with van der Waals surface area (Å²) in [4.78, 5) is 48.9. The molecular formula is C24H17N5O7S. The number of benzene rings is 2. The zero-order chi connectivity index (χ0) is 26.9. The molecule has 2 aliphatic rings. The van der Waals surface area contributed by atoms with Gasteiger partial charge >= 0.3 is 5.97 Å². The number of non-ortho nitro benzene ring substituents is 2. The molecule has 0 fully saturated rings. The number of esters is 1. The second-order valence-electron chi connectivity index (χ2n) is 7.72.